The summed E-state index contributed by atoms with van der Waals surface area (Å²) in [4.78, 5) is 27.2. The van der Waals surface area contributed by atoms with Crippen LogP contribution >= 0.6 is 23.4 Å². The quantitative estimate of drug-likeness (QED) is 0.0343. The van der Waals surface area contributed by atoms with Gasteiger partial charge in [-0.25, -0.2) is 21.6 Å². The molecule has 0 aliphatic carbocycles. The van der Waals surface area contributed by atoms with Gasteiger partial charge in [-0.1, -0.05) is 78.3 Å². The van der Waals surface area contributed by atoms with Crippen LogP contribution in [0.3, 0.4) is 0 Å². The van der Waals surface area contributed by atoms with Crippen molar-refractivity contribution in [2.75, 3.05) is 75.9 Å². The fourth-order valence-electron chi connectivity index (χ4n) is 8.08. The van der Waals surface area contributed by atoms with E-state index in [1.54, 1.807) is 24.1 Å². The largest absolute Gasteiger partial charge is 0.501 e. The number of sulfone groups is 1. The van der Waals surface area contributed by atoms with Gasteiger partial charge in [-0.15, -0.1) is 11.8 Å². The summed E-state index contributed by atoms with van der Waals surface area (Å²) in [5, 5.41) is 24.0. The highest BCUT2D eigenvalue weighted by molar-refractivity contribution is 7.99. The number of alkyl halides is 3. The molecule has 382 valence electrons. The van der Waals surface area contributed by atoms with Crippen molar-refractivity contribution in [2.45, 2.75) is 58.1 Å². The van der Waals surface area contributed by atoms with Gasteiger partial charge in [-0.3, -0.25) is 14.5 Å². The molecule has 1 aliphatic heterocycles. The summed E-state index contributed by atoms with van der Waals surface area (Å²) in [5.41, 5.74) is -1.99. The molecule has 6 rings (SSSR count). The second-order valence-corrected chi connectivity index (χ2v) is 22.5. The number of halogens is 4. The first kappa shape index (κ1) is 55.1. The van der Waals surface area contributed by atoms with Gasteiger partial charge < -0.3 is 30.1 Å². The van der Waals surface area contributed by atoms with E-state index in [1.807, 2.05) is 91.0 Å². The number of aliphatic hydroxyl groups is 1. The van der Waals surface area contributed by atoms with Crippen LogP contribution in [0.1, 0.15) is 36.5 Å². The normalized spacial score (nSPS) is 14.6. The summed E-state index contributed by atoms with van der Waals surface area (Å²) in [5.74, 6) is -1.43. The molecule has 1 heterocycles. The molecule has 0 bridgehead atoms. The molecular weight excluding hydrogens is 1000 g/mol. The van der Waals surface area contributed by atoms with Gasteiger partial charge in [-0.05, 0) is 123 Å². The Kier molecular flexibility index (Phi) is 19.4. The van der Waals surface area contributed by atoms with Crippen LogP contribution in [-0.2, 0) is 40.7 Å². The van der Waals surface area contributed by atoms with Gasteiger partial charge in [0.05, 0.1) is 29.8 Å². The summed E-state index contributed by atoms with van der Waals surface area (Å²) >= 11 is 7.49. The van der Waals surface area contributed by atoms with Crippen LogP contribution in [0.5, 0.6) is 0 Å². The highest BCUT2D eigenvalue weighted by Gasteiger charge is 2.48. The van der Waals surface area contributed by atoms with Gasteiger partial charge in [0.15, 0.2) is 0 Å². The van der Waals surface area contributed by atoms with Crippen molar-refractivity contribution >= 4 is 66.5 Å². The smallest absolute Gasteiger partial charge is 0.480 e. The van der Waals surface area contributed by atoms with Crippen LogP contribution in [-0.4, -0.2) is 126 Å². The van der Waals surface area contributed by atoms with E-state index >= 15 is 0 Å². The molecule has 5 aromatic rings. The SMILES string of the molecule is CN(CCOC(=O)CN(C)CC(=O)O)CC[C@H](CSc1ccccc1)Nc1ccc(S(=O)(=O)NCc2ccc(N3CCC([C@@H](O)c4ccccc4-c4ccc(Cl)cc4)CC3)cc2)cc1S(=O)(=O)C(F)(F)F. The second kappa shape index (κ2) is 25.0. The van der Waals surface area contributed by atoms with Crippen molar-refractivity contribution in [3.63, 3.8) is 0 Å². The standard InChI is InChI=1S/C50H57ClF3N5O9S3/c1-57(28-29-68-48(62)33-58(2)32-47(60)61)25-24-39(34-69-41-8-4-3-5-9-41)56-45-21-20-42(30-46(45)70(64,65)50(52,53)54)71(66,67)55-31-35-12-18-40(19-13-35)59-26-22-37(23-27-59)49(63)44-11-7-6-10-43(44)36-14-16-38(51)17-15-36/h3-21,30,37,39,49,55-56,63H,22-29,31-34H2,1-2H3,(H,60,61)/t39-,49-/m1/s1. The Labute approximate surface area is 422 Å². The Hall–Kier alpha value is -5.19. The van der Waals surface area contributed by atoms with Crippen molar-refractivity contribution in [3.8, 4) is 11.1 Å². The van der Waals surface area contributed by atoms with E-state index in [1.165, 1.54) is 23.7 Å². The molecule has 2 atom stereocenters. The molecular formula is C50H57ClF3N5O9S3. The number of ether oxygens (including phenoxy) is 1. The van der Waals surface area contributed by atoms with E-state index in [9.17, 15) is 44.7 Å². The average Bonchev–Trinajstić information content (AvgIpc) is 3.34. The molecule has 4 N–H and O–H groups in total. The number of benzene rings is 5. The molecule has 0 radical (unpaired) electrons. The first-order chi connectivity index (χ1) is 33.7. The van der Waals surface area contributed by atoms with Crippen molar-refractivity contribution in [1.82, 2.24) is 14.5 Å². The van der Waals surface area contributed by atoms with Crippen LogP contribution in [0.2, 0.25) is 5.02 Å². The number of carbonyl (C=O) groups excluding carboxylic acids is 1. The molecule has 0 amide bonds. The Morgan fingerprint density at radius 1 is 0.859 bits per heavy atom. The lowest BCUT2D eigenvalue weighted by atomic mass is 9.84. The topological polar surface area (TPSA) is 186 Å². The maximum absolute atomic E-state index is 14.3. The van der Waals surface area contributed by atoms with Gasteiger partial charge in [0.1, 0.15) is 11.5 Å². The number of carboxylic acids is 1. The molecule has 0 saturated carbocycles. The number of hydrogen-bond donors (Lipinski definition) is 4. The fraction of sp³-hybridized carbons (Fsp3) is 0.360. The Morgan fingerprint density at radius 3 is 2.18 bits per heavy atom. The monoisotopic (exact) mass is 1060 g/mol. The minimum absolute atomic E-state index is 0.0164. The number of anilines is 2. The number of sulfonamides is 1. The molecule has 5 aromatic carbocycles. The van der Waals surface area contributed by atoms with E-state index in [0.717, 1.165) is 52.2 Å². The van der Waals surface area contributed by atoms with Gasteiger partial charge in [0.2, 0.25) is 10.0 Å². The number of piperidine rings is 1. The Bertz CT molecular complexity index is 2790. The number of carboxylic acid groups (broad SMARTS) is 1. The summed E-state index contributed by atoms with van der Waals surface area (Å²) in [7, 11) is -7.42. The van der Waals surface area contributed by atoms with Crippen molar-refractivity contribution in [2.24, 2.45) is 5.92 Å². The van der Waals surface area contributed by atoms with Crippen molar-refractivity contribution < 1.29 is 54.5 Å². The fourth-order valence-corrected chi connectivity index (χ4v) is 11.3. The van der Waals surface area contributed by atoms with E-state index in [0.29, 0.717) is 36.3 Å². The number of thioether (sulfide) groups is 1. The highest BCUT2D eigenvalue weighted by Crippen LogP contribution is 2.39. The number of esters is 1. The number of nitrogens with zero attached hydrogens (tertiary/aromatic N) is 3. The van der Waals surface area contributed by atoms with Gasteiger partial charge >= 0.3 is 17.4 Å². The minimum atomic E-state index is -6.07. The minimum Gasteiger partial charge on any atom is -0.480 e. The molecule has 1 saturated heterocycles. The third-order valence-corrected chi connectivity index (χ3v) is 16.4. The van der Waals surface area contributed by atoms with E-state index in [4.69, 9.17) is 21.4 Å². The maximum atomic E-state index is 14.3. The number of hydrogen-bond acceptors (Lipinski definition) is 13. The van der Waals surface area contributed by atoms with Crippen LogP contribution in [0, 0.1) is 5.92 Å². The molecule has 71 heavy (non-hydrogen) atoms. The molecule has 21 heteroatoms. The second-order valence-electron chi connectivity index (χ2n) is 17.3. The van der Waals surface area contributed by atoms with E-state index < -0.39 is 64.9 Å². The predicted octanol–water partition coefficient (Wildman–Crippen LogP) is 8.18. The number of nitrogens with one attached hydrogen (secondary N) is 2. The predicted molar refractivity (Wildman–Crippen MR) is 270 cm³/mol. The number of aliphatic hydroxyl groups excluding tert-OH is 1. The average molecular weight is 1060 g/mol. The third-order valence-electron chi connectivity index (χ3n) is 12.0. The molecule has 1 fully saturated rings. The lowest BCUT2D eigenvalue weighted by Crippen LogP contribution is -2.35. The van der Waals surface area contributed by atoms with Crippen LogP contribution in [0.25, 0.3) is 11.1 Å². The maximum Gasteiger partial charge on any atom is 0.501 e. The summed E-state index contributed by atoms with van der Waals surface area (Å²) in [6.45, 7) is 1.10. The number of likely N-dealkylation sites (N-methyl/N-ethyl adjacent to an activating group) is 2. The number of aliphatic carboxylic acids is 1. The van der Waals surface area contributed by atoms with Crippen LogP contribution in [0.4, 0.5) is 24.5 Å². The number of rotatable bonds is 24. The molecule has 14 nitrogen and oxygen atoms in total. The first-order valence-corrected chi connectivity index (χ1v) is 27.0. The highest BCUT2D eigenvalue weighted by atomic mass is 35.5. The van der Waals surface area contributed by atoms with Crippen molar-refractivity contribution in [1.29, 1.82) is 0 Å². The number of carbonyl (C=O) groups is 2. The summed E-state index contributed by atoms with van der Waals surface area (Å²) in [6, 6.07) is 33.5. The van der Waals surface area contributed by atoms with Crippen LogP contribution in [0.15, 0.2) is 136 Å². The zero-order valence-corrected chi connectivity index (χ0v) is 42.3. The lowest BCUT2D eigenvalue weighted by molar-refractivity contribution is -0.146. The van der Waals surface area contributed by atoms with Gasteiger partial charge in [-0.2, -0.15) is 13.2 Å². The molecule has 0 aromatic heterocycles. The summed E-state index contributed by atoms with van der Waals surface area (Å²) in [6.07, 6.45) is 1.05. The van der Waals surface area contributed by atoms with E-state index in [2.05, 4.69) is 14.9 Å². The third kappa shape index (κ3) is 15.7. The Balaban J connectivity index is 1.09. The molecule has 0 unspecified atom stereocenters. The van der Waals surface area contributed by atoms with Crippen LogP contribution < -0.4 is 14.9 Å². The summed E-state index contributed by atoms with van der Waals surface area (Å²) < 4.78 is 104. The molecule has 0 spiro atoms. The van der Waals surface area contributed by atoms with Gasteiger partial charge in [0, 0.05) is 53.6 Å². The van der Waals surface area contributed by atoms with Crippen molar-refractivity contribution in [3.05, 3.63) is 137 Å². The molecule has 1 aliphatic rings. The van der Waals surface area contributed by atoms with Gasteiger partial charge in [0.25, 0.3) is 9.84 Å². The zero-order valence-electron chi connectivity index (χ0n) is 39.1. The first-order valence-electron chi connectivity index (χ1n) is 22.7. The lowest BCUT2D eigenvalue weighted by Gasteiger charge is -2.36. The zero-order chi connectivity index (χ0) is 51.3. The Morgan fingerprint density at radius 2 is 1.52 bits per heavy atom. The van der Waals surface area contributed by atoms with E-state index in [-0.39, 0.29) is 50.9 Å².